The van der Waals surface area contributed by atoms with E-state index in [1.54, 1.807) is 11.3 Å². The molecule has 1 N–H and O–H groups in total. The molecule has 0 aromatic carbocycles. The Labute approximate surface area is 134 Å². The third-order valence-corrected chi connectivity index (χ3v) is 5.82. The largest absolute Gasteiger partial charge is 0.312 e. The smallest absolute Gasteiger partial charge is 0.0941 e. The van der Waals surface area contributed by atoms with Gasteiger partial charge in [0, 0.05) is 29.6 Å². The van der Waals surface area contributed by atoms with Crippen molar-refractivity contribution in [1.29, 1.82) is 0 Å². The summed E-state index contributed by atoms with van der Waals surface area (Å²) in [4.78, 5) is 7.25. The number of rotatable bonds is 9. The van der Waals surface area contributed by atoms with Gasteiger partial charge < -0.3 is 5.32 Å². The predicted octanol–water partition coefficient (Wildman–Crippen LogP) is 3.71. The molecule has 0 saturated heterocycles. The second-order valence-electron chi connectivity index (χ2n) is 6.12. The van der Waals surface area contributed by atoms with Gasteiger partial charge in [-0.3, -0.25) is 4.90 Å². The average Bonchev–Trinajstić information content (AvgIpc) is 3.17. The Morgan fingerprint density at radius 2 is 2.00 bits per heavy atom. The molecule has 1 heterocycles. The molecule has 0 amide bonds. The lowest BCUT2D eigenvalue weighted by Gasteiger charge is -2.46. The Balaban J connectivity index is 2.21. The summed E-state index contributed by atoms with van der Waals surface area (Å²) in [7, 11) is 0. The van der Waals surface area contributed by atoms with E-state index < -0.39 is 0 Å². The van der Waals surface area contributed by atoms with Crippen LogP contribution in [0.5, 0.6) is 0 Å². The first-order chi connectivity index (χ1) is 10.3. The molecule has 1 fully saturated rings. The summed E-state index contributed by atoms with van der Waals surface area (Å²) in [5.74, 6) is 0. The summed E-state index contributed by atoms with van der Waals surface area (Å²) in [6.07, 6.45) is 9.63. The number of aromatic nitrogens is 1. The molecule has 1 atom stereocenters. The summed E-state index contributed by atoms with van der Waals surface area (Å²) >= 11 is 1.80. The molecule has 120 valence electrons. The lowest BCUT2D eigenvalue weighted by Crippen LogP contribution is -2.60. The minimum absolute atomic E-state index is 0.338. The van der Waals surface area contributed by atoms with Gasteiger partial charge in [-0.25, -0.2) is 4.98 Å². The number of thiazole rings is 1. The van der Waals surface area contributed by atoms with Crippen LogP contribution in [0.15, 0.2) is 11.6 Å². The fourth-order valence-electron chi connectivity index (χ4n) is 4.02. The van der Waals surface area contributed by atoms with Crippen LogP contribution in [-0.4, -0.2) is 41.1 Å². The third-order valence-electron chi connectivity index (χ3n) is 5.01. The van der Waals surface area contributed by atoms with Gasteiger partial charge in [0.05, 0.1) is 5.01 Å². The van der Waals surface area contributed by atoms with E-state index in [1.807, 2.05) is 6.20 Å². The number of likely N-dealkylation sites (N-methyl/N-ethyl adjacent to an activating group) is 1. The SMILES string of the molecule is CCCNC(Cc1nccs1)C1(N(CC)CC)CCCC1. The highest BCUT2D eigenvalue weighted by molar-refractivity contribution is 7.09. The first kappa shape index (κ1) is 16.9. The highest BCUT2D eigenvalue weighted by Gasteiger charge is 2.44. The molecule has 1 unspecified atom stereocenters. The summed E-state index contributed by atoms with van der Waals surface area (Å²) in [5, 5.41) is 7.25. The van der Waals surface area contributed by atoms with E-state index in [0.29, 0.717) is 11.6 Å². The van der Waals surface area contributed by atoms with Gasteiger partial charge in [-0.1, -0.05) is 33.6 Å². The van der Waals surface area contributed by atoms with Gasteiger partial charge in [0.25, 0.3) is 0 Å². The number of hydrogen-bond donors (Lipinski definition) is 1. The Morgan fingerprint density at radius 3 is 2.52 bits per heavy atom. The van der Waals surface area contributed by atoms with Crippen molar-refractivity contribution in [1.82, 2.24) is 15.2 Å². The van der Waals surface area contributed by atoms with Gasteiger partial charge >= 0.3 is 0 Å². The van der Waals surface area contributed by atoms with Crippen LogP contribution in [0, 0.1) is 0 Å². The summed E-state index contributed by atoms with van der Waals surface area (Å²) in [6, 6.07) is 0.533. The quantitative estimate of drug-likeness (QED) is 0.754. The predicted molar refractivity (Wildman–Crippen MR) is 92.0 cm³/mol. The number of hydrogen-bond acceptors (Lipinski definition) is 4. The molecule has 2 rings (SSSR count). The van der Waals surface area contributed by atoms with Crippen molar-refractivity contribution in [3.63, 3.8) is 0 Å². The average molecular weight is 310 g/mol. The Hall–Kier alpha value is -0.450. The third kappa shape index (κ3) is 3.85. The summed E-state index contributed by atoms with van der Waals surface area (Å²) < 4.78 is 0. The van der Waals surface area contributed by atoms with Crippen LogP contribution in [0.3, 0.4) is 0 Å². The van der Waals surface area contributed by atoms with E-state index in [4.69, 9.17) is 0 Å². The van der Waals surface area contributed by atoms with Crippen molar-refractivity contribution < 1.29 is 0 Å². The monoisotopic (exact) mass is 309 g/mol. The molecular formula is C17H31N3S. The van der Waals surface area contributed by atoms with Crippen LogP contribution in [0.2, 0.25) is 0 Å². The maximum atomic E-state index is 4.54. The lowest BCUT2D eigenvalue weighted by atomic mass is 9.84. The van der Waals surface area contributed by atoms with Gasteiger partial charge in [-0.05, 0) is 38.9 Å². The number of nitrogens with zero attached hydrogens (tertiary/aromatic N) is 2. The van der Waals surface area contributed by atoms with Gasteiger partial charge in [-0.2, -0.15) is 0 Å². The molecule has 1 aliphatic carbocycles. The maximum Gasteiger partial charge on any atom is 0.0941 e. The van der Waals surface area contributed by atoms with Crippen LogP contribution in [0.1, 0.15) is 57.9 Å². The normalized spacial score (nSPS) is 19.2. The Morgan fingerprint density at radius 1 is 1.29 bits per heavy atom. The van der Waals surface area contributed by atoms with E-state index in [0.717, 1.165) is 26.1 Å². The van der Waals surface area contributed by atoms with Gasteiger partial charge in [0.2, 0.25) is 0 Å². The molecule has 4 heteroatoms. The van der Waals surface area contributed by atoms with E-state index in [9.17, 15) is 0 Å². The zero-order chi connectivity index (χ0) is 15.1. The number of nitrogens with one attached hydrogen (secondary N) is 1. The van der Waals surface area contributed by atoms with Crippen molar-refractivity contribution in [3.8, 4) is 0 Å². The van der Waals surface area contributed by atoms with Crippen molar-refractivity contribution in [2.45, 2.75) is 70.9 Å². The molecule has 0 spiro atoms. The summed E-state index contributed by atoms with van der Waals surface area (Å²) in [6.45, 7) is 10.3. The molecule has 1 aromatic heterocycles. The summed E-state index contributed by atoms with van der Waals surface area (Å²) in [5.41, 5.74) is 0.338. The molecule has 1 saturated carbocycles. The topological polar surface area (TPSA) is 28.2 Å². The van der Waals surface area contributed by atoms with Crippen LogP contribution in [0.25, 0.3) is 0 Å². The Kier molecular flexibility index (Phi) is 6.65. The molecule has 3 nitrogen and oxygen atoms in total. The van der Waals surface area contributed by atoms with Crippen LogP contribution >= 0.6 is 11.3 Å². The molecule has 21 heavy (non-hydrogen) atoms. The zero-order valence-corrected chi connectivity index (χ0v) is 14.7. The van der Waals surface area contributed by atoms with Gasteiger partial charge in [0.1, 0.15) is 0 Å². The highest BCUT2D eigenvalue weighted by Crippen LogP contribution is 2.39. The Bertz CT molecular complexity index is 381. The first-order valence-corrected chi connectivity index (χ1v) is 9.51. The minimum atomic E-state index is 0.338. The van der Waals surface area contributed by atoms with Crippen molar-refractivity contribution >= 4 is 11.3 Å². The molecule has 1 aromatic rings. The van der Waals surface area contributed by atoms with Gasteiger partial charge in [-0.15, -0.1) is 11.3 Å². The van der Waals surface area contributed by atoms with E-state index >= 15 is 0 Å². The van der Waals surface area contributed by atoms with Crippen molar-refractivity contribution in [2.75, 3.05) is 19.6 Å². The highest BCUT2D eigenvalue weighted by atomic mass is 32.1. The van der Waals surface area contributed by atoms with Crippen LogP contribution in [0.4, 0.5) is 0 Å². The molecule has 1 aliphatic rings. The minimum Gasteiger partial charge on any atom is -0.312 e. The van der Waals surface area contributed by atoms with Crippen molar-refractivity contribution in [3.05, 3.63) is 16.6 Å². The second kappa shape index (κ2) is 8.25. The maximum absolute atomic E-state index is 4.54. The lowest BCUT2D eigenvalue weighted by molar-refractivity contribution is 0.0629. The molecule has 0 radical (unpaired) electrons. The van der Waals surface area contributed by atoms with Crippen molar-refractivity contribution in [2.24, 2.45) is 0 Å². The molecule has 0 aliphatic heterocycles. The van der Waals surface area contributed by atoms with E-state index in [2.05, 4.69) is 41.4 Å². The van der Waals surface area contributed by atoms with Crippen LogP contribution in [-0.2, 0) is 6.42 Å². The van der Waals surface area contributed by atoms with Gasteiger partial charge in [0.15, 0.2) is 0 Å². The zero-order valence-electron chi connectivity index (χ0n) is 13.9. The second-order valence-corrected chi connectivity index (χ2v) is 7.10. The standard InChI is InChI=1S/C17H31N3S/c1-4-11-18-15(14-16-19-12-13-21-16)17(9-7-8-10-17)20(5-2)6-3/h12-13,15,18H,4-11,14H2,1-3H3. The first-order valence-electron chi connectivity index (χ1n) is 8.63. The van der Waals surface area contributed by atoms with E-state index in [-0.39, 0.29) is 0 Å². The van der Waals surface area contributed by atoms with Crippen LogP contribution < -0.4 is 5.32 Å². The molecular weight excluding hydrogens is 278 g/mol. The van der Waals surface area contributed by atoms with E-state index in [1.165, 1.54) is 37.1 Å². The molecule has 0 bridgehead atoms. The fraction of sp³-hybridized carbons (Fsp3) is 0.824. The fourth-order valence-corrected chi connectivity index (χ4v) is 4.69.